The number of rotatable bonds is 4. The van der Waals surface area contributed by atoms with E-state index in [-0.39, 0.29) is 12.4 Å². The number of halogens is 1. The second-order valence-electron chi connectivity index (χ2n) is 4.86. The van der Waals surface area contributed by atoms with Crippen molar-refractivity contribution in [3.63, 3.8) is 0 Å². The van der Waals surface area contributed by atoms with E-state index in [2.05, 4.69) is 10.1 Å². The van der Waals surface area contributed by atoms with Crippen LogP contribution in [0.15, 0.2) is 28.8 Å². The van der Waals surface area contributed by atoms with E-state index in [0.29, 0.717) is 18.3 Å². The third-order valence-electron chi connectivity index (χ3n) is 3.53. The largest absolute Gasteiger partial charge is 0.493 e. The minimum atomic E-state index is -0.400. The van der Waals surface area contributed by atoms with Gasteiger partial charge in [0.15, 0.2) is 5.82 Å². The molecule has 0 saturated heterocycles. The number of hydrogen-bond donors (Lipinski definition) is 1. The maximum absolute atomic E-state index is 6.20. The molecule has 0 radical (unpaired) electrons. The molecule has 5 nitrogen and oxygen atoms in total. The van der Waals surface area contributed by atoms with Crippen LogP contribution in [0, 0.1) is 0 Å². The van der Waals surface area contributed by atoms with E-state index in [4.69, 9.17) is 15.0 Å². The Kier molecular flexibility index (Phi) is 4.30. The summed E-state index contributed by atoms with van der Waals surface area (Å²) in [5, 5.41) is 4.02. The van der Waals surface area contributed by atoms with Crippen LogP contribution in [0.4, 0.5) is 0 Å². The molecule has 0 spiro atoms. The zero-order valence-corrected chi connectivity index (χ0v) is 12.2. The van der Waals surface area contributed by atoms with E-state index in [0.717, 1.165) is 30.6 Å². The summed E-state index contributed by atoms with van der Waals surface area (Å²) < 4.78 is 10.9. The predicted molar refractivity (Wildman–Crippen MR) is 77.9 cm³/mol. The molecule has 0 aliphatic heterocycles. The minimum Gasteiger partial charge on any atom is -0.493 e. The van der Waals surface area contributed by atoms with Gasteiger partial charge in [-0.25, -0.2) is 0 Å². The van der Waals surface area contributed by atoms with Crippen molar-refractivity contribution < 1.29 is 9.26 Å². The molecule has 1 aromatic heterocycles. The lowest BCUT2D eigenvalue weighted by atomic mass is 9.77. The Morgan fingerprint density at radius 3 is 2.75 bits per heavy atom. The van der Waals surface area contributed by atoms with E-state index >= 15 is 0 Å². The monoisotopic (exact) mass is 295 g/mol. The topological polar surface area (TPSA) is 74.2 Å². The first-order valence-electron chi connectivity index (χ1n) is 6.58. The van der Waals surface area contributed by atoms with E-state index < -0.39 is 5.54 Å². The number of hydrogen-bond acceptors (Lipinski definition) is 5. The molecule has 1 aliphatic carbocycles. The van der Waals surface area contributed by atoms with Crippen molar-refractivity contribution in [3.8, 4) is 17.2 Å². The Morgan fingerprint density at radius 1 is 1.35 bits per heavy atom. The molecule has 1 fully saturated rings. The van der Waals surface area contributed by atoms with Gasteiger partial charge >= 0.3 is 0 Å². The van der Waals surface area contributed by atoms with Crippen LogP contribution in [0.1, 0.15) is 32.0 Å². The van der Waals surface area contributed by atoms with Crippen molar-refractivity contribution in [1.82, 2.24) is 10.1 Å². The highest BCUT2D eigenvalue weighted by molar-refractivity contribution is 5.85. The van der Waals surface area contributed by atoms with E-state index in [1.54, 1.807) is 0 Å². The fraction of sp³-hybridized carbons (Fsp3) is 0.429. The Labute approximate surface area is 123 Å². The minimum absolute atomic E-state index is 0. The second-order valence-corrected chi connectivity index (χ2v) is 4.86. The quantitative estimate of drug-likeness (QED) is 0.939. The van der Waals surface area contributed by atoms with E-state index in [1.807, 2.05) is 31.2 Å². The zero-order chi connectivity index (χ0) is 13.3. The SMILES string of the molecule is CCOc1ccccc1-c1nc(C2(N)CCC2)no1.Cl. The molecule has 0 bridgehead atoms. The van der Waals surface area contributed by atoms with Crippen LogP contribution in [0.5, 0.6) is 5.75 Å². The molecule has 1 aliphatic rings. The zero-order valence-electron chi connectivity index (χ0n) is 11.3. The van der Waals surface area contributed by atoms with Gasteiger partial charge in [0.25, 0.3) is 5.89 Å². The van der Waals surface area contributed by atoms with Crippen molar-refractivity contribution in [2.45, 2.75) is 31.7 Å². The number of nitrogens with two attached hydrogens (primary N) is 1. The molecule has 2 aromatic rings. The van der Waals surface area contributed by atoms with Gasteiger partial charge in [-0.05, 0) is 38.3 Å². The summed E-state index contributed by atoms with van der Waals surface area (Å²) in [4.78, 5) is 4.43. The number of nitrogens with zero attached hydrogens (tertiary/aromatic N) is 2. The highest BCUT2D eigenvalue weighted by Gasteiger charge is 2.39. The fourth-order valence-electron chi connectivity index (χ4n) is 2.24. The van der Waals surface area contributed by atoms with Crippen molar-refractivity contribution in [2.24, 2.45) is 5.73 Å². The van der Waals surface area contributed by atoms with Crippen LogP contribution in [0.3, 0.4) is 0 Å². The first-order chi connectivity index (χ1) is 9.23. The van der Waals surface area contributed by atoms with Crippen LogP contribution in [-0.2, 0) is 5.54 Å². The second kappa shape index (κ2) is 5.81. The molecule has 1 heterocycles. The number of ether oxygens (including phenoxy) is 1. The van der Waals surface area contributed by atoms with Crippen molar-refractivity contribution in [2.75, 3.05) is 6.61 Å². The Balaban J connectivity index is 0.00000147. The molecule has 0 unspecified atom stereocenters. The summed E-state index contributed by atoms with van der Waals surface area (Å²) in [6.45, 7) is 2.54. The lowest BCUT2D eigenvalue weighted by Gasteiger charge is -2.34. The lowest BCUT2D eigenvalue weighted by molar-refractivity contribution is 0.229. The summed E-state index contributed by atoms with van der Waals surface area (Å²) in [5.41, 5.74) is 6.61. The van der Waals surface area contributed by atoms with Crippen LogP contribution in [0.2, 0.25) is 0 Å². The summed E-state index contributed by atoms with van der Waals surface area (Å²) in [6, 6.07) is 7.64. The molecule has 2 N–H and O–H groups in total. The number of para-hydroxylation sites is 1. The normalized spacial score (nSPS) is 16.1. The third kappa shape index (κ3) is 2.51. The van der Waals surface area contributed by atoms with Crippen LogP contribution in [-0.4, -0.2) is 16.7 Å². The first kappa shape index (κ1) is 14.8. The van der Waals surface area contributed by atoms with Crippen molar-refractivity contribution >= 4 is 12.4 Å². The van der Waals surface area contributed by atoms with Gasteiger partial charge in [0.05, 0.1) is 17.7 Å². The molecule has 0 atom stereocenters. The lowest BCUT2D eigenvalue weighted by Crippen LogP contribution is -2.44. The van der Waals surface area contributed by atoms with Crippen LogP contribution in [0.25, 0.3) is 11.5 Å². The maximum Gasteiger partial charge on any atom is 0.261 e. The molecular weight excluding hydrogens is 278 g/mol. The third-order valence-corrected chi connectivity index (χ3v) is 3.53. The molecular formula is C14H18ClN3O2. The summed E-state index contributed by atoms with van der Waals surface area (Å²) >= 11 is 0. The molecule has 6 heteroatoms. The molecule has 1 aromatic carbocycles. The molecule has 3 rings (SSSR count). The van der Waals surface area contributed by atoms with Gasteiger partial charge in [0.1, 0.15) is 5.75 Å². The number of aromatic nitrogens is 2. The van der Waals surface area contributed by atoms with E-state index in [9.17, 15) is 0 Å². The summed E-state index contributed by atoms with van der Waals surface area (Å²) in [7, 11) is 0. The van der Waals surface area contributed by atoms with Crippen LogP contribution < -0.4 is 10.5 Å². The first-order valence-corrected chi connectivity index (χ1v) is 6.58. The van der Waals surface area contributed by atoms with Gasteiger partial charge in [-0.2, -0.15) is 4.98 Å². The molecule has 1 saturated carbocycles. The summed E-state index contributed by atoms with van der Waals surface area (Å²) in [5.74, 6) is 1.82. The standard InChI is InChI=1S/C14H17N3O2.ClH/c1-2-18-11-7-4-3-6-10(11)12-16-13(17-19-12)14(15)8-5-9-14;/h3-4,6-7H,2,5,8-9,15H2,1H3;1H. The van der Waals surface area contributed by atoms with Crippen molar-refractivity contribution in [3.05, 3.63) is 30.1 Å². The smallest absolute Gasteiger partial charge is 0.261 e. The average molecular weight is 296 g/mol. The fourth-order valence-corrected chi connectivity index (χ4v) is 2.24. The summed E-state index contributed by atoms with van der Waals surface area (Å²) in [6.07, 6.45) is 2.95. The predicted octanol–water partition coefficient (Wildman–Crippen LogP) is 2.90. The van der Waals surface area contributed by atoms with Gasteiger partial charge in [0.2, 0.25) is 0 Å². The molecule has 0 amide bonds. The van der Waals surface area contributed by atoms with Gasteiger partial charge in [-0.15, -0.1) is 12.4 Å². The van der Waals surface area contributed by atoms with Gasteiger partial charge in [-0.1, -0.05) is 17.3 Å². The Hall–Kier alpha value is -1.59. The number of benzene rings is 1. The molecule has 20 heavy (non-hydrogen) atoms. The van der Waals surface area contributed by atoms with Crippen molar-refractivity contribution in [1.29, 1.82) is 0 Å². The Bertz CT molecular complexity index is 581. The highest BCUT2D eigenvalue weighted by Crippen LogP contribution is 2.38. The van der Waals surface area contributed by atoms with Gasteiger partial charge in [-0.3, -0.25) is 0 Å². The average Bonchev–Trinajstić information content (AvgIpc) is 2.87. The van der Waals surface area contributed by atoms with Gasteiger partial charge in [0, 0.05) is 0 Å². The highest BCUT2D eigenvalue weighted by atomic mass is 35.5. The van der Waals surface area contributed by atoms with Crippen LogP contribution >= 0.6 is 12.4 Å². The van der Waals surface area contributed by atoms with E-state index in [1.165, 1.54) is 0 Å². The maximum atomic E-state index is 6.20. The molecule has 108 valence electrons. The Morgan fingerprint density at radius 2 is 2.10 bits per heavy atom. The van der Waals surface area contributed by atoms with Gasteiger partial charge < -0.3 is 15.0 Å².